The lowest BCUT2D eigenvalue weighted by Crippen LogP contribution is -2.32. The Labute approximate surface area is 104 Å². The molecule has 0 amide bonds. The van der Waals surface area contributed by atoms with Crippen LogP contribution in [0.2, 0.25) is 5.02 Å². The Bertz CT molecular complexity index is 532. The largest absolute Gasteiger partial charge is 0.326 e. The zero-order valence-electron chi connectivity index (χ0n) is 9.31. The van der Waals surface area contributed by atoms with Gasteiger partial charge in [-0.15, -0.1) is 0 Å². The summed E-state index contributed by atoms with van der Waals surface area (Å²) < 4.78 is 1.91. The van der Waals surface area contributed by atoms with E-state index in [2.05, 4.69) is 10.1 Å². The van der Waals surface area contributed by atoms with Crippen LogP contribution in [0.1, 0.15) is 12.2 Å². The van der Waals surface area contributed by atoms with E-state index in [0.717, 1.165) is 41.6 Å². The van der Waals surface area contributed by atoms with E-state index in [0.29, 0.717) is 0 Å². The minimum absolute atomic E-state index is 0.197. The molecule has 0 aliphatic carbocycles. The van der Waals surface area contributed by atoms with Crippen LogP contribution in [0.3, 0.4) is 0 Å². The first kappa shape index (κ1) is 10.7. The summed E-state index contributed by atoms with van der Waals surface area (Å²) in [6.07, 6.45) is 1.89. The van der Waals surface area contributed by atoms with Crippen molar-refractivity contribution >= 4 is 11.6 Å². The minimum atomic E-state index is 0.197. The van der Waals surface area contributed by atoms with E-state index >= 15 is 0 Å². The molecule has 1 atom stereocenters. The van der Waals surface area contributed by atoms with Crippen molar-refractivity contribution in [2.45, 2.75) is 25.4 Å². The first-order valence-corrected chi connectivity index (χ1v) is 6.05. The Morgan fingerprint density at radius 1 is 1.29 bits per heavy atom. The van der Waals surface area contributed by atoms with E-state index in [-0.39, 0.29) is 6.04 Å². The summed E-state index contributed by atoms with van der Waals surface area (Å²) in [5.74, 6) is 1.78. The second-order valence-corrected chi connectivity index (χ2v) is 4.78. The standard InChI is InChI=1S/C12H13ClN4/c13-9-3-1-8(2-4-9)12-15-11-6-5-10(14)7-17(11)16-12/h1-4,10H,5-7,14H2. The predicted octanol–water partition coefficient (Wildman–Crippen LogP) is 1.87. The van der Waals surface area contributed by atoms with Gasteiger partial charge in [-0.3, -0.25) is 0 Å². The molecular formula is C12H13ClN4. The highest BCUT2D eigenvalue weighted by molar-refractivity contribution is 6.30. The van der Waals surface area contributed by atoms with Crippen molar-refractivity contribution in [3.63, 3.8) is 0 Å². The molecule has 0 fully saturated rings. The molecule has 2 heterocycles. The number of hydrogen-bond donors (Lipinski definition) is 1. The SMILES string of the molecule is NC1CCc2nc(-c3ccc(Cl)cc3)nn2C1. The van der Waals surface area contributed by atoms with Gasteiger partial charge in [-0.05, 0) is 30.7 Å². The Hall–Kier alpha value is -1.39. The highest BCUT2D eigenvalue weighted by Crippen LogP contribution is 2.21. The van der Waals surface area contributed by atoms with Crippen molar-refractivity contribution in [2.24, 2.45) is 5.73 Å². The number of rotatable bonds is 1. The van der Waals surface area contributed by atoms with Crippen LogP contribution in [-0.2, 0) is 13.0 Å². The molecule has 0 saturated carbocycles. The third kappa shape index (κ3) is 2.06. The van der Waals surface area contributed by atoms with Gasteiger partial charge in [-0.1, -0.05) is 11.6 Å². The molecule has 1 aromatic heterocycles. The molecule has 2 aromatic rings. The van der Waals surface area contributed by atoms with Crippen molar-refractivity contribution in [3.05, 3.63) is 35.1 Å². The van der Waals surface area contributed by atoms with E-state index in [9.17, 15) is 0 Å². The first-order valence-electron chi connectivity index (χ1n) is 5.67. The third-order valence-corrected chi connectivity index (χ3v) is 3.25. The average Bonchev–Trinajstić information content (AvgIpc) is 2.72. The molecule has 1 unspecified atom stereocenters. The van der Waals surface area contributed by atoms with Gasteiger partial charge in [0.15, 0.2) is 5.82 Å². The van der Waals surface area contributed by atoms with Crippen molar-refractivity contribution in [1.29, 1.82) is 0 Å². The average molecular weight is 249 g/mol. The zero-order valence-corrected chi connectivity index (χ0v) is 10.1. The fourth-order valence-corrected chi connectivity index (χ4v) is 2.18. The molecule has 1 aliphatic heterocycles. The van der Waals surface area contributed by atoms with Crippen molar-refractivity contribution in [3.8, 4) is 11.4 Å². The molecule has 3 rings (SSSR count). The smallest absolute Gasteiger partial charge is 0.181 e. The van der Waals surface area contributed by atoms with Gasteiger partial charge in [-0.2, -0.15) is 5.10 Å². The summed E-state index contributed by atoms with van der Waals surface area (Å²) in [5.41, 5.74) is 6.90. The van der Waals surface area contributed by atoms with Crippen LogP contribution in [0.5, 0.6) is 0 Å². The number of aryl methyl sites for hydroxylation is 1. The number of benzene rings is 1. The highest BCUT2D eigenvalue weighted by Gasteiger charge is 2.19. The molecule has 0 bridgehead atoms. The number of nitrogens with zero attached hydrogens (tertiary/aromatic N) is 3. The van der Waals surface area contributed by atoms with Crippen LogP contribution in [0, 0.1) is 0 Å². The molecule has 0 saturated heterocycles. The number of hydrogen-bond acceptors (Lipinski definition) is 3. The van der Waals surface area contributed by atoms with Gasteiger partial charge < -0.3 is 5.73 Å². The Kier molecular flexibility index (Phi) is 2.61. The van der Waals surface area contributed by atoms with Crippen LogP contribution in [0.4, 0.5) is 0 Å². The van der Waals surface area contributed by atoms with Crippen LogP contribution in [-0.4, -0.2) is 20.8 Å². The van der Waals surface area contributed by atoms with Crippen LogP contribution >= 0.6 is 11.6 Å². The number of aromatic nitrogens is 3. The topological polar surface area (TPSA) is 56.7 Å². The minimum Gasteiger partial charge on any atom is -0.326 e. The van der Waals surface area contributed by atoms with Crippen molar-refractivity contribution < 1.29 is 0 Å². The maximum Gasteiger partial charge on any atom is 0.181 e. The lowest BCUT2D eigenvalue weighted by atomic mass is 10.1. The van der Waals surface area contributed by atoms with E-state index < -0.39 is 0 Å². The van der Waals surface area contributed by atoms with Crippen LogP contribution < -0.4 is 5.73 Å². The van der Waals surface area contributed by atoms with Crippen molar-refractivity contribution in [2.75, 3.05) is 0 Å². The number of fused-ring (bicyclic) bond motifs is 1. The van der Waals surface area contributed by atoms with Gasteiger partial charge in [0.2, 0.25) is 0 Å². The fraction of sp³-hybridized carbons (Fsp3) is 0.333. The van der Waals surface area contributed by atoms with E-state index in [1.54, 1.807) is 0 Å². The summed E-state index contributed by atoms with van der Waals surface area (Å²) >= 11 is 5.86. The molecule has 0 radical (unpaired) electrons. The molecular weight excluding hydrogens is 236 g/mol. The lowest BCUT2D eigenvalue weighted by molar-refractivity contribution is 0.422. The Balaban J connectivity index is 1.97. The Morgan fingerprint density at radius 3 is 2.82 bits per heavy atom. The number of halogens is 1. The maximum absolute atomic E-state index is 5.91. The monoisotopic (exact) mass is 248 g/mol. The van der Waals surface area contributed by atoms with Gasteiger partial charge in [0.25, 0.3) is 0 Å². The summed E-state index contributed by atoms with van der Waals surface area (Å²) in [7, 11) is 0. The van der Waals surface area contributed by atoms with Crippen molar-refractivity contribution in [1.82, 2.24) is 14.8 Å². The fourth-order valence-electron chi connectivity index (χ4n) is 2.05. The quantitative estimate of drug-likeness (QED) is 0.838. The summed E-state index contributed by atoms with van der Waals surface area (Å²) in [6.45, 7) is 0.760. The molecule has 17 heavy (non-hydrogen) atoms. The summed E-state index contributed by atoms with van der Waals surface area (Å²) in [5, 5.41) is 5.21. The molecule has 0 spiro atoms. The Morgan fingerprint density at radius 2 is 2.06 bits per heavy atom. The molecule has 2 N–H and O–H groups in total. The highest BCUT2D eigenvalue weighted by atomic mass is 35.5. The van der Waals surface area contributed by atoms with Crippen LogP contribution in [0.25, 0.3) is 11.4 Å². The molecule has 5 heteroatoms. The van der Waals surface area contributed by atoms with E-state index in [1.165, 1.54) is 0 Å². The van der Waals surface area contributed by atoms with Gasteiger partial charge in [0.05, 0.1) is 6.54 Å². The number of nitrogens with two attached hydrogens (primary N) is 1. The molecule has 88 valence electrons. The second kappa shape index (κ2) is 4.13. The van der Waals surface area contributed by atoms with Gasteiger partial charge in [0.1, 0.15) is 5.82 Å². The molecule has 1 aliphatic rings. The summed E-state index contributed by atoms with van der Waals surface area (Å²) in [6, 6.07) is 7.76. The lowest BCUT2D eigenvalue weighted by Gasteiger charge is -2.17. The van der Waals surface area contributed by atoms with Crippen LogP contribution in [0.15, 0.2) is 24.3 Å². The van der Waals surface area contributed by atoms with E-state index in [4.69, 9.17) is 17.3 Å². The second-order valence-electron chi connectivity index (χ2n) is 4.34. The molecule has 1 aromatic carbocycles. The normalized spacial score (nSPS) is 19.1. The summed E-state index contributed by atoms with van der Waals surface area (Å²) in [4.78, 5) is 4.54. The van der Waals surface area contributed by atoms with Gasteiger partial charge >= 0.3 is 0 Å². The predicted molar refractivity (Wildman–Crippen MR) is 66.8 cm³/mol. The maximum atomic E-state index is 5.91. The molecule has 4 nitrogen and oxygen atoms in total. The van der Waals surface area contributed by atoms with Gasteiger partial charge in [0, 0.05) is 23.0 Å². The van der Waals surface area contributed by atoms with E-state index in [1.807, 2.05) is 28.9 Å². The third-order valence-electron chi connectivity index (χ3n) is 3.00. The zero-order chi connectivity index (χ0) is 11.8. The van der Waals surface area contributed by atoms with Gasteiger partial charge in [-0.25, -0.2) is 9.67 Å². The first-order chi connectivity index (χ1) is 8.22.